The van der Waals surface area contributed by atoms with Gasteiger partial charge in [0.05, 0.1) is 18.3 Å². The number of rotatable bonds is 6. The molecule has 118 valence electrons. The summed E-state index contributed by atoms with van der Waals surface area (Å²) in [6.07, 6.45) is 0. The lowest BCUT2D eigenvalue weighted by molar-refractivity contribution is -0.127. The molecule has 0 radical (unpaired) electrons. The topological polar surface area (TPSA) is 102 Å². The Morgan fingerprint density at radius 1 is 1.29 bits per heavy atom. The normalized spacial score (nSPS) is 12.3. The van der Waals surface area contributed by atoms with Crippen LogP contribution in [0.5, 0.6) is 0 Å². The van der Waals surface area contributed by atoms with Crippen LogP contribution in [-0.4, -0.2) is 34.2 Å². The summed E-state index contributed by atoms with van der Waals surface area (Å²) >= 11 is 0. The van der Waals surface area contributed by atoms with Crippen molar-refractivity contribution in [3.63, 3.8) is 0 Å². The quantitative estimate of drug-likeness (QED) is 0.673. The lowest BCUT2D eigenvalue weighted by atomic mass is 10.1. The third-order valence-corrected chi connectivity index (χ3v) is 3.57. The van der Waals surface area contributed by atoms with E-state index in [1.807, 2.05) is 34.7 Å². The zero-order chi connectivity index (χ0) is 16.2. The number of amides is 2. The highest BCUT2D eigenvalue weighted by Gasteiger charge is 2.17. The van der Waals surface area contributed by atoms with Crippen LogP contribution >= 0.6 is 0 Å². The van der Waals surface area contributed by atoms with Crippen LogP contribution in [0.1, 0.15) is 30.8 Å². The van der Waals surface area contributed by atoms with Crippen molar-refractivity contribution in [2.45, 2.75) is 40.3 Å². The lowest BCUT2D eigenvalue weighted by Crippen LogP contribution is -2.47. The van der Waals surface area contributed by atoms with E-state index in [9.17, 15) is 9.59 Å². The molecule has 0 spiro atoms. The zero-order valence-corrected chi connectivity index (χ0v) is 13.4. The first kappa shape index (κ1) is 17.2. The summed E-state index contributed by atoms with van der Waals surface area (Å²) in [6.45, 7) is 7.90. The van der Waals surface area contributed by atoms with Crippen LogP contribution in [0.4, 0.5) is 0 Å². The highest BCUT2D eigenvalue weighted by atomic mass is 16.2. The summed E-state index contributed by atoms with van der Waals surface area (Å²) in [6, 6.07) is -0.597. The van der Waals surface area contributed by atoms with Crippen molar-refractivity contribution in [3.8, 4) is 0 Å². The number of hydrogen-bond donors (Lipinski definition) is 3. The van der Waals surface area contributed by atoms with E-state index in [2.05, 4.69) is 15.7 Å². The number of carbonyl (C=O) groups excluding carboxylic acids is 2. The van der Waals surface area contributed by atoms with Crippen LogP contribution in [-0.2, 0) is 23.2 Å². The Kier molecular flexibility index (Phi) is 5.90. The summed E-state index contributed by atoms with van der Waals surface area (Å²) in [7, 11) is 1.86. The first-order valence-corrected chi connectivity index (χ1v) is 7.03. The molecule has 4 N–H and O–H groups in total. The SMILES string of the molecule is Cc1nn(C)c(C)c1CNC(=O)CNC(=O)[C@@H](N)C(C)C. The molecule has 0 saturated carbocycles. The maximum Gasteiger partial charge on any atom is 0.239 e. The van der Waals surface area contributed by atoms with Crippen LogP contribution in [0.3, 0.4) is 0 Å². The van der Waals surface area contributed by atoms with Gasteiger partial charge in [0.25, 0.3) is 0 Å². The molecule has 0 aliphatic carbocycles. The van der Waals surface area contributed by atoms with Gasteiger partial charge in [0.15, 0.2) is 0 Å². The monoisotopic (exact) mass is 295 g/mol. The highest BCUT2D eigenvalue weighted by Crippen LogP contribution is 2.10. The number of nitrogens with one attached hydrogen (secondary N) is 2. The Bertz CT molecular complexity index is 522. The number of hydrogen-bond acceptors (Lipinski definition) is 4. The Balaban J connectivity index is 2.43. The van der Waals surface area contributed by atoms with Crippen molar-refractivity contribution in [1.82, 2.24) is 20.4 Å². The fourth-order valence-corrected chi connectivity index (χ4v) is 1.91. The van der Waals surface area contributed by atoms with Crippen LogP contribution in [0.25, 0.3) is 0 Å². The Hall–Kier alpha value is -1.89. The minimum Gasteiger partial charge on any atom is -0.350 e. The fourth-order valence-electron chi connectivity index (χ4n) is 1.91. The molecule has 2 amide bonds. The summed E-state index contributed by atoms with van der Waals surface area (Å²) in [5, 5.41) is 9.59. The molecule has 1 heterocycles. The van der Waals surface area contributed by atoms with Crippen molar-refractivity contribution < 1.29 is 9.59 Å². The Morgan fingerprint density at radius 3 is 2.38 bits per heavy atom. The van der Waals surface area contributed by atoms with Gasteiger partial charge in [-0.15, -0.1) is 0 Å². The number of aromatic nitrogens is 2. The zero-order valence-electron chi connectivity index (χ0n) is 13.4. The van der Waals surface area contributed by atoms with Gasteiger partial charge in [0, 0.05) is 24.8 Å². The van der Waals surface area contributed by atoms with Gasteiger partial charge in [-0.05, 0) is 19.8 Å². The predicted octanol–water partition coefficient (Wildman–Crippen LogP) is -0.247. The molecule has 0 unspecified atom stereocenters. The van der Waals surface area contributed by atoms with Gasteiger partial charge >= 0.3 is 0 Å². The summed E-state index contributed by atoms with van der Waals surface area (Å²) in [5.74, 6) is -0.524. The molecule has 1 aromatic rings. The molecule has 21 heavy (non-hydrogen) atoms. The van der Waals surface area contributed by atoms with Crippen molar-refractivity contribution in [1.29, 1.82) is 0 Å². The molecular formula is C14H25N5O2. The van der Waals surface area contributed by atoms with Crippen LogP contribution < -0.4 is 16.4 Å². The van der Waals surface area contributed by atoms with Crippen LogP contribution in [0, 0.1) is 19.8 Å². The van der Waals surface area contributed by atoms with E-state index in [4.69, 9.17) is 5.73 Å². The number of nitrogens with zero attached hydrogens (tertiary/aromatic N) is 2. The van der Waals surface area contributed by atoms with Gasteiger partial charge in [-0.2, -0.15) is 5.10 Å². The van der Waals surface area contributed by atoms with Gasteiger partial charge in [0.1, 0.15) is 0 Å². The maximum absolute atomic E-state index is 11.7. The second-order valence-electron chi connectivity index (χ2n) is 5.54. The number of carbonyl (C=O) groups is 2. The van der Waals surface area contributed by atoms with E-state index < -0.39 is 6.04 Å². The molecule has 0 aromatic carbocycles. The smallest absolute Gasteiger partial charge is 0.239 e. The van der Waals surface area contributed by atoms with Gasteiger partial charge < -0.3 is 16.4 Å². The molecule has 1 atom stereocenters. The van der Waals surface area contributed by atoms with Gasteiger partial charge in [0.2, 0.25) is 11.8 Å². The minimum absolute atomic E-state index is 0.0359. The number of aryl methyl sites for hydroxylation is 2. The Labute approximate surface area is 125 Å². The van der Waals surface area contributed by atoms with Crippen molar-refractivity contribution in [2.75, 3.05) is 6.54 Å². The minimum atomic E-state index is -0.597. The molecule has 0 aliphatic heterocycles. The largest absolute Gasteiger partial charge is 0.350 e. The summed E-state index contributed by atoms with van der Waals surface area (Å²) < 4.78 is 1.78. The van der Waals surface area contributed by atoms with E-state index >= 15 is 0 Å². The molecular weight excluding hydrogens is 270 g/mol. The van der Waals surface area contributed by atoms with Crippen molar-refractivity contribution in [2.24, 2.45) is 18.7 Å². The Morgan fingerprint density at radius 2 is 1.90 bits per heavy atom. The number of nitrogens with two attached hydrogens (primary N) is 1. The standard InChI is InChI=1S/C14H25N5O2/c1-8(2)13(15)14(21)17-7-12(20)16-6-11-9(3)18-19(5)10(11)4/h8,13H,6-7,15H2,1-5H3,(H,16,20)(H,17,21)/t13-/m0/s1. The highest BCUT2D eigenvalue weighted by molar-refractivity contribution is 5.87. The average Bonchev–Trinajstić information content (AvgIpc) is 2.66. The predicted molar refractivity (Wildman–Crippen MR) is 80.4 cm³/mol. The third kappa shape index (κ3) is 4.56. The van der Waals surface area contributed by atoms with E-state index in [0.717, 1.165) is 17.0 Å². The third-order valence-electron chi connectivity index (χ3n) is 3.57. The first-order valence-electron chi connectivity index (χ1n) is 7.03. The van der Waals surface area contributed by atoms with E-state index in [0.29, 0.717) is 6.54 Å². The summed E-state index contributed by atoms with van der Waals surface area (Å²) in [4.78, 5) is 23.4. The molecule has 7 heteroatoms. The molecule has 0 saturated heterocycles. The van der Waals surface area contributed by atoms with Crippen LogP contribution in [0.15, 0.2) is 0 Å². The molecule has 1 aromatic heterocycles. The van der Waals surface area contributed by atoms with Gasteiger partial charge in [-0.3, -0.25) is 14.3 Å². The maximum atomic E-state index is 11.7. The molecule has 0 aliphatic rings. The van der Waals surface area contributed by atoms with Crippen LogP contribution in [0.2, 0.25) is 0 Å². The van der Waals surface area contributed by atoms with Crippen molar-refractivity contribution in [3.05, 3.63) is 17.0 Å². The molecule has 0 bridgehead atoms. The molecule has 7 nitrogen and oxygen atoms in total. The van der Waals surface area contributed by atoms with E-state index in [1.165, 1.54) is 0 Å². The van der Waals surface area contributed by atoms with Gasteiger partial charge in [-0.1, -0.05) is 13.8 Å². The molecule has 1 rings (SSSR count). The van der Waals surface area contributed by atoms with E-state index in [1.54, 1.807) is 4.68 Å². The lowest BCUT2D eigenvalue weighted by Gasteiger charge is -2.15. The van der Waals surface area contributed by atoms with Crippen molar-refractivity contribution >= 4 is 11.8 Å². The van der Waals surface area contributed by atoms with Gasteiger partial charge in [-0.25, -0.2) is 0 Å². The second kappa shape index (κ2) is 7.21. The summed E-state index contributed by atoms with van der Waals surface area (Å²) in [5.41, 5.74) is 8.60. The fraction of sp³-hybridized carbons (Fsp3) is 0.643. The average molecular weight is 295 g/mol. The molecule has 0 fully saturated rings. The second-order valence-corrected chi connectivity index (χ2v) is 5.54. The van der Waals surface area contributed by atoms with E-state index in [-0.39, 0.29) is 24.3 Å². The first-order chi connectivity index (χ1) is 9.73.